The average molecular weight is 400 g/mol. The van der Waals surface area contributed by atoms with E-state index in [1.54, 1.807) is 7.11 Å². The molecule has 5 heteroatoms. The molecule has 1 heterocycles. The van der Waals surface area contributed by atoms with Gasteiger partial charge in [-0.2, -0.15) is 0 Å². The zero-order valence-electron chi connectivity index (χ0n) is 15.3. The van der Waals surface area contributed by atoms with Crippen molar-refractivity contribution in [2.75, 3.05) is 12.0 Å². The first-order chi connectivity index (χ1) is 13.2. The van der Waals surface area contributed by atoms with Crippen molar-refractivity contribution in [2.45, 2.75) is 38.1 Å². The molecule has 3 aromatic rings. The van der Waals surface area contributed by atoms with E-state index in [9.17, 15) is 4.79 Å². The van der Waals surface area contributed by atoms with Crippen molar-refractivity contribution in [3.8, 4) is 5.75 Å². The number of thiophene rings is 1. The summed E-state index contributed by atoms with van der Waals surface area (Å²) in [7, 11) is 1.63. The highest BCUT2D eigenvalue weighted by Crippen LogP contribution is 2.39. The molecule has 0 saturated heterocycles. The quantitative estimate of drug-likeness (QED) is 0.498. The van der Waals surface area contributed by atoms with Gasteiger partial charge in [-0.3, -0.25) is 4.79 Å². The highest BCUT2D eigenvalue weighted by Gasteiger charge is 2.30. The first-order valence-electron chi connectivity index (χ1n) is 9.33. The molecular formula is C22H22ClNO2S. The van der Waals surface area contributed by atoms with E-state index in [1.165, 1.54) is 30.6 Å². The number of carbonyl (C=O) groups is 1. The maximum absolute atomic E-state index is 13.6. The number of amides is 1. The molecule has 1 amide bonds. The number of carbonyl (C=O) groups excluding carboxylic acids is 1. The fourth-order valence-electron chi connectivity index (χ4n) is 3.84. The number of benzene rings is 2. The average Bonchev–Trinajstić information content (AvgIpc) is 3.06. The van der Waals surface area contributed by atoms with Crippen molar-refractivity contribution >= 4 is 44.6 Å². The maximum atomic E-state index is 13.6. The van der Waals surface area contributed by atoms with Gasteiger partial charge in [0.1, 0.15) is 10.6 Å². The third-order valence-electron chi connectivity index (χ3n) is 5.22. The zero-order valence-corrected chi connectivity index (χ0v) is 16.9. The van der Waals surface area contributed by atoms with Crippen LogP contribution < -0.4 is 9.64 Å². The molecule has 2 aromatic carbocycles. The van der Waals surface area contributed by atoms with Gasteiger partial charge in [0.25, 0.3) is 5.91 Å². The largest absolute Gasteiger partial charge is 0.497 e. The van der Waals surface area contributed by atoms with E-state index < -0.39 is 0 Å². The molecule has 0 N–H and O–H groups in total. The highest BCUT2D eigenvalue weighted by molar-refractivity contribution is 7.21. The van der Waals surface area contributed by atoms with E-state index in [4.69, 9.17) is 16.3 Å². The van der Waals surface area contributed by atoms with E-state index in [1.807, 2.05) is 53.4 Å². The fraction of sp³-hybridized carbons (Fsp3) is 0.318. The van der Waals surface area contributed by atoms with Crippen LogP contribution in [-0.2, 0) is 0 Å². The second kappa shape index (κ2) is 7.91. The summed E-state index contributed by atoms with van der Waals surface area (Å²) in [4.78, 5) is 16.2. The van der Waals surface area contributed by atoms with Crippen molar-refractivity contribution in [1.82, 2.24) is 0 Å². The molecule has 1 fully saturated rings. The molecule has 0 aliphatic heterocycles. The lowest BCUT2D eigenvalue weighted by atomic mass is 9.93. The number of hydrogen-bond donors (Lipinski definition) is 0. The van der Waals surface area contributed by atoms with Crippen LogP contribution in [0.3, 0.4) is 0 Å². The molecule has 0 bridgehead atoms. The van der Waals surface area contributed by atoms with Gasteiger partial charge in [-0.1, -0.05) is 49.1 Å². The summed E-state index contributed by atoms with van der Waals surface area (Å²) in [6, 6.07) is 16.0. The summed E-state index contributed by atoms with van der Waals surface area (Å²) in [5.41, 5.74) is 0.945. The predicted octanol–water partition coefficient (Wildman–Crippen LogP) is 6.54. The number of rotatable bonds is 4. The van der Waals surface area contributed by atoms with Gasteiger partial charge >= 0.3 is 0 Å². The molecule has 0 spiro atoms. The Kier molecular flexibility index (Phi) is 5.37. The van der Waals surface area contributed by atoms with E-state index >= 15 is 0 Å². The molecular weight excluding hydrogens is 378 g/mol. The van der Waals surface area contributed by atoms with Crippen molar-refractivity contribution in [3.05, 3.63) is 58.4 Å². The van der Waals surface area contributed by atoms with Gasteiger partial charge in [-0.05, 0) is 43.2 Å². The Labute approximate surface area is 168 Å². The van der Waals surface area contributed by atoms with Gasteiger partial charge in [0.2, 0.25) is 0 Å². The van der Waals surface area contributed by atoms with Crippen molar-refractivity contribution in [1.29, 1.82) is 0 Å². The highest BCUT2D eigenvalue weighted by atomic mass is 35.5. The Morgan fingerprint density at radius 3 is 2.56 bits per heavy atom. The molecule has 1 aliphatic carbocycles. The third kappa shape index (κ3) is 3.56. The number of methoxy groups -OCH3 is 1. The van der Waals surface area contributed by atoms with Crippen LogP contribution in [0.5, 0.6) is 5.75 Å². The predicted molar refractivity (Wildman–Crippen MR) is 114 cm³/mol. The molecule has 140 valence electrons. The number of halogens is 1. The summed E-state index contributed by atoms with van der Waals surface area (Å²) < 4.78 is 6.31. The Bertz CT molecular complexity index is 948. The number of fused-ring (bicyclic) bond motifs is 1. The minimum absolute atomic E-state index is 0.00160. The number of ether oxygens (including phenoxy) is 1. The molecule has 1 aromatic heterocycles. The van der Waals surface area contributed by atoms with Crippen LogP contribution in [-0.4, -0.2) is 19.1 Å². The standard InChI is InChI=1S/C22H22ClNO2S/c1-26-17-12-13-19-18(14-17)20(23)21(27-19)22(25)24(15-8-4-2-5-9-15)16-10-6-3-7-11-16/h2,4-5,8-9,12-14,16H,3,6-7,10-11H2,1H3. The summed E-state index contributed by atoms with van der Waals surface area (Å²) >= 11 is 8.12. The third-order valence-corrected chi connectivity index (χ3v) is 6.89. The molecule has 1 aliphatic rings. The smallest absolute Gasteiger partial charge is 0.270 e. The monoisotopic (exact) mass is 399 g/mol. The van der Waals surface area contributed by atoms with Crippen LogP contribution in [0.1, 0.15) is 41.8 Å². The van der Waals surface area contributed by atoms with Gasteiger partial charge < -0.3 is 9.64 Å². The van der Waals surface area contributed by atoms with Crippen LogP contribution in [0.4, 0.5) is 5.69 Å². The summed E-state index contributed by atoms with van der Waals surface area (Å²) in [5, 5.41) is 1.40. The second-order valence-corrected chi connectivity index (χ2v) is 8.34. The molecule has 0 radical (unpaired) electrons. The van der Waals surface area contributed by atoms with Gasteiger partial charge in [0.15, 0.2) is 0 Å². The molecule has 1 saturated carbocycles. The van der Waals surface area contributed by atoms with Gasteiger partial charge in [0, 0.05) is 21.8 Å². The van der Waals surface area contributed by atoms with Crippen LogP contribution in [0, 0.1) is 0 Å². The topological polar surface area (TPSA) is 29.5 Å². The normalized spacial score (nSPS) is 15.0. The molecule has 4 rings (SSSR count). The number of anilines is 1. The summed E-state index contributed by atoms with van der Waals surface area (Å²) in [5.74, 6) is 0.742. The minimum Gasteiger partial charge on any atom is -0.497 e. The van der Waals surface area contributed by atoms with Crippen molar-refractivity contribution < 1.29 is 9.53 Å². The lowest BCUT2D eigenvalue weighted by Crippen LogP contribution is -2.41. The number of hydrogen-bond acceptors (Lipinski definition) is 3. The summed E-state index contributed by atoms with van der Waals surface area (Å²) in [6.45, 7) is 0. The Hall–Kier alpha value is -2.04. The van der Waals surface area contributed by atoms with Gasteiger partial charge in [-0.15, -0.1) is 11.3 Å². The molecule has 3 nitrogen and oxygen atoms in total. The molecule has 0 atom stereocenters. The van der Waals surface area contributed by atoms with Crippen molar-refractivity contribution in [3.63, 3.8) is 0 Å². The minimum atomic E-state index is -0.00160. The summed E-state index contributed by atoms with van der Waals surface area (Å²) in [6.07, 6.45) is 5.65. The van der Waals surface area contributed by atoms with Gasteiger partial charge in [-0.25, -0.2) is 0 Å². The zero-order chi connectivity index (χ0) is 18.8. The van der Waals surface area contributed by atoms with E-state index in [-0.39, 0.29) is 11.9 Å². The Balaban J connectivity index is 1.77. The maximum Gasteiger partial charge on any atom is 0.270 e. The second-order valence-electron chi connectivity index (χ2n) is 6.91. The molecule has 27 heavy (non-hydrogen) atoms. The lowest BCUT2D eigenvalue weighted by molar-refractivity contribution is 0.0974. The van der Waals surface area contributed by atoms with E-state index in [0.29, 0.717) is 9.90 Å². The van der Waals surface area contributed by atoms with E-state index in [2.05, 4.69) is 0 Å². The van der Waals surface area contributed by atoms with Gasteiger partial charge in [0.05, 0.1) is 12.1 Å². The SMILES string of the molecule is COc1ccc2sc(C(=O)N(c3ccccc3)C3CCCCC3)c(Cl)c2c1. The lowest BCUT2D eigenvalue weighted by Gasteiger charge is -2.34. The van der Waals surface area contributed by atoms with Crippen LogP contribution in [0.2, 0.25) is 5.02 Å². The van der Waals surface area contributed by atoms with E-state index in [0.717, 1.165) is 34.4 Å². The number of nitrogens with zero attached hydrogens (tertiary/aromatic N) is 1. The number of para-hydroxylation sites is 1. The van der Waals surface area contributed by atoms with Crippen molar-refractivity contribution in [2.24, 2.45) is 0 Å². The van der Waals surface area contributed by atoms with Crippen LogP contribution in [0.15, 0.2) is 48.5 Å². The fourth-order valence-corrected chi connectivity index (χ4v) is 5.26. The molecule has 0 unspecified atom stereocenters. The first-order valence-corrected chi connectivity index (χ1v) is 10.5. The Morgan fingerprint density at radius 1 is 1.11 bits per heavy atom. The van der Waals surface area contributed by atoms with Crippen LogP contribution >= 0.6 is 22.9 Å². The first kappa shape index (κ1) is 18.3. The Morgan fingerprint density at radius 2 is 1.85 bits per heavy atom. The van der Waals surface area contributed by atoms with Crippen LogP contribution in [0.25, 0.3) is 10.1 Å².